The molecule has 5 heteroatoms. The fraction of sp³-hybridized carbons (Fsp3) is 0.0299. The Balaban J connectivity index is 0.00000560. The van der Waals surface area contributed by atoms with E-state index in [1.165, 1.54) is 0 Å². The van der Waals surface area contributed by atoms with Gasteiger partial charge >= 0.3 is 0 Å². The maximum atomic E-state index is 13.9. The number of aromatic hydroxyl groups is 1. The van der Waals surface area contributed by atoms with E-state index < -0.39 is 0 Å². The summed E-state index contributed by atoms with van der Waals surface area (Å²) in [5.74, 6) is -0.0648. The van der Waals surface area contributed by atoms with Crippen molar-refractivity contribution < 1.29 is 30.0 Å². The second-order valence-electron chi connectivity index (χ2n) is 17.9. The molecule has 0 bridgehead atoms. The van der Waals surface area contributed by atoms with Crippen LogP contribution in [0.3, 0.4) is 0 Å². The molecule has 0 saturated carbocycles. The number of pyridine rings is 2. The summed E-state index contributed by atoms with van der Waals surface area (Å²) in [4.78, 5) is 23.8. The Bertz CT molecular complexity index is 3790. The van der Waals surface area contributed by atoms with E-state index in [1.807, 2.05) is 72.8 Å². The summed E-state index contributed by atoms with van der Waals surface area (Å²) < 4.78 is 0. The van der Waals surface area contributed by atoms with Gasteiger partial charge in [-0.25, -0.2) is 0 Å². The van der Waals surface area contributed by atoms with E-state index in [0.29, 0.717) is 17.4 Å². The van der Waals surface area contributed by atoms with Gasteiger partial charge in [0.15, 0.2) is 5.78 Å². The van der Waals surface area contributed by atoms with Crippen LogP contribution in [-0.2, 0) is 26.5 Å². The largest absolute Gasteiger partial charge is 0.507 e. The topological polar surface area (TPSA) is 63.1 Å². The van der Waals surface area contributed by atoms with Crippen LogP contribution in [-0.4, -0.2) is 20.9 Å². The van der Waals surface area contributed by atoms with Crippen LogP contribution in [0.2, 0.25) is 0 Å². The molecule has 345 valence electrons. The number of aromatic nitrogens is 2. The molecule has 0 fully saturated rings. The third-order valence-electron chi connectivity index (χ3n) is 13.6. The average molecular weight is 1100 g/mol. The molecule has 2 heterocycles. The number of hydrogen-bond acceptors (Lipinski definition) is 4. The van der Waals surface area contributed by atoms with Crippen LogP contribution in [0, 0.1) is 12.1 Å². The van der Waals surface area contributed by atoms with Crippen molar-refractivity contribution in [2.45, 2.75) is 12.8 Å². The number of carbonyl (C=O) groups excluding carboxylic acids is 1. The molecular formula is C67H44IrN2O2-2. The van der Waals surface area contributed by atoms with Crippen molar-refractivity contribution in [2.24, 2.45) is 0 Å². The first-order valence-corrected chi connectivity index (χ1v) is 23.9. The fourth-order valence-electron chi connectivity index (χ4n) is 9.89. The van der Waals surface area contributed by atoms with E-state index in [0.717, 1.165) is 111 Å². The zero-order chi connectivity index (χ0) is 47.7. The summed E-state index contributed by atoms with van der Waals surface area (Å²) in [7, 11) is 0. The predicted octanol–water partition coefficient (Wildman–Crippen LogP) is 16.7. The van der Waals surface area contributed by atoms with Gasteiger partial charge in [-0.3, -0.25) is 14.8 Å². The number of hydrogen-bond donors (Lipinski definition) is 1. The number of ketones is 1. The summed E-state index contributed by atoms with van der Waals surface area (Å²) in [6, 6.07) is 88.0. The number of fused-ring (bicyclic) bond motifs is 3. The molecule has 12 rings (SSSR count). The predicted molar refractivity (Wildman–Crippen MR) is 291 cm³/mol. The minimum Gasteiger partial charge on any atom is -0.507 e. The molecular weight excluding hydrogens is 1060 g/mol. The Morgan fingerprint density at radius 3 is 1.38 bits per heavy atom. The Kier molecular flexibility index (Phi) is 12.7. The molecule has 0 unspecified atom stereocenters. The zero-order valence-electron chi connectivity index (χ0n) is 39.0. The summed E-state index contributed by atoms with van der Waals surface area (Å²) in [5, 5.41) is 15.0. The maximum absolute atomic E-state index is 13.9. The third-order valence-corrected chi connectivity index (χ3v) is 13.6. The smallest absolute Gasteiger partial charge is 0.166 e. The molecule has 1 radical (unpaired) electrons. The minimum atomic E-state index is -0.0983. The van der Waals surface area contributed by atoms with Crippen molar-refractivity contribution in [3.05, 3.63) is 260 Å². The van der Waals surface area contributed by atoms with Crippen LogP contribution in [0.15, 0.2) is 237 Å². The van der Waals surface area contributed by atoms with Gasteiger partial charge in [-0.1, -0.05) is 186 Å². The number of nitrogens with zero attached hydrogens (tertiary/aromatic N) is 2. The second kappa shape index (κ2) is 20.0. The molecule has 0 aliphatic rings. The minimum absolute atomic E-state index is 0. The van der Waals surface area contributed by atoms with Crippen LogP contribution in [0.4, 0.5) is 0 Å². The Morgan fingerprint density at radius 2 is 0.847 bits per heavy atom. The zero-order valence-corrected chi connectivity index (χ0v) is 41.4. The van der Waals surface area contributed by atoms with Gasteiger partial charge in [0.05, 0.1) is 16.6 Å². The molecule has 10 aromatic carbocycles. The van der Waals surface area contributed by atoms with E-state index in [-0.39, 0.29) is 38.1 Å². The van der Waals surface area contributed by atoms with E-state index >= 15 is 0 Å². The fourth-order valence-corrected chi connectivity index (χ4v) is 9.89. The first-order valence-electron chi connectivity index (χ1n) is 23.9. The molecule has 0 spiro atoms. The number of rotatable bonds is 11. The number of Topliss-reactive ketones (excluding diaryl/α,β-unsaturated/α-hetero) is 1. The summed E-state index contributed by atoms with van der Waals surface area (Å²) in [6.45, 7) is 0. The maximum Gasteiger partial charge on any atom is 0.166 e. The van der Waals surface area contributed by atoms with E-state index in [9.17, 15) is 9.90 Å². The molecule has 0 atom stereocenters. The van der Waals surface area contributed by atoms with E-state index in [1.54, 1.807) is 6.07 Å². The Labute approximate surface area is 432 Å². The quantitative estimate of drug-likeness (QED) is 0.104. The van der Waals surface area contributed by atoms with Gasteiger partial charge < -0.3 is 5.11 Å². The summed E-state index contributed by atoms with van der Waals surface area (Å²) in [5.41, 5.74) is 17.5. The number of benzene rings is 10. The van der Waals surface area contributed by atoms with Gasteiger partial charge in [-0.05, 0) is 109 Å². The molecule has 0 aliphatic carbocycles. The third kappa shape index (κ3) is 9.04. The average Bonchev–Trinajstić information content (AvgIpc) is 3.44. The van der Waals surface area contributed by atoms with Gasteiger partial charge in [0.25, 0.3) is 0 Å². The van der Waals surface area contributed by atoms with Gasteiger partial charge in [0.2, 0.25) is 0 Å². The van der Waals surface area contributed by atoms with Crippen molar-refractivity contribution in [3.63, 3.8) is 0 Å². The Hall–Kier alpha value is -8.60. The molecule has 4 nitrogen and oxygen atoms in total. The summed E-state index contributed by atoms with van der Waals surface area (Å²) in [6.07, 6.45) is 0.736. The molecule has 0 amide bonds. The first kappa shape index (κ1) is 45.8. The van der Waals surface area contributed by atoms with Crippen LogP contribution in [0.1, 0.15) is 22.3 Å². The molecule has 0 aliphatic heterocycles. The van der Waals surface area contributed by atoms with Crippen molar-refractivity contribution in [3.8, 4) is 83.9 Å². The number of phenolic OH excluding ortho intramolecular Hbond substituents is 1. The standard InChI is InChI=1S/C67H44N2O2.Ir/c70-66(61-37-33-45-14-2-6-22-60(45)67(61)71)40-36-44-13-1-5-17-55(44)52-41-53(58-20-9-7-18-56(58)46-25-29-50(30-26-46)64-38-34-48-15-3-11-23-62(48)68-64)43-54(42-52)59-21-10-8-19-57(59)47-27-31-51(32-28-47)65-39-35-49-16-4-12-24-63(49)69-65;/h1-29,31,33-35,37-39,41-43,71H,36,40H2;/q-2;. The SMILES string of the molecule is O=C(CCc1ccccc1-c1cc(-c2ccccc2-c2c[c-]c(-c3ccc4ccccc4n3)cc2)cc(-c2ccccc2-c2c[c-]c(-c3ccc4ccccc4n3)cc2)c1)c1ccc2ccccc2c1O.[Ir]. The number of carbonyl (C=O) groups is 1. The second-order valence-corrected chi connectivity index (χ2v) is 17.9. The number of para-hydroxylation sites is 2. The molecule has 0 saturated heterocycles. The van der Waals surface area contributed by atoms with Crippen LogP contribution in [0.5, 0.6) is 5.75 Å². The van der Waals surface area contributed by atoms with E-state index in [2.05, 4.69) is 170 Å². The van der Waals surface area contributed by atoms with E-state index in [4.69, 9.17) is 9.97 Å². The van der Waals surface area contributed by atoms with Crippen LogP contribution in [0.25, 0.3) is 111 Å². The number of phenols is 1. The Morgan fingerprint density at radius 1 is 0.417 bits per heavy atom. The van der Waals surface area contributed by atoms with Crippen molar-refractivity contribution >= 4 is 38.4 Å². The first-order chi connectivity index (χ1) is 35.0. The van der Waals surface area contributed by atoms with Gasteiger partial charge in [-0.15, -0.1) is 59.7 Å². The molecule has 2 aromatic heterocycles. The number of aryl methyl sites for hydroxylation is 1. The van der Waals surface area contributed by atoms with Gasteiger partial charge in [0.1, 0.15) is 5.75 Å². The summed E-state index contributed by atoms with van der Waals surface area (Å²) >= 11 is 0. The van der Waals surface area contributed by atoms with Crippen molar-refractivity contribution in [2.75, 3.05) is 0 Å². The molecule has 1 N–H and O–H groups in total. The monoisotopic (exact) mass is 1100 g/mol. The van der Waals surface area contributed by atoms with Crippen molar-refractivity contribution in [1.29, 1.82) is 0 Å². The van der Waals surface area contributed by atoms with Crippen molar-refractivity contribution in [1.82, 2.24) is 9.97 Å². The van der Waals surface area contributed by atoms with Crippen LogP contribution < -0.4 is 0 Å². The van der Waals surface area contributed by atoms with Gasteiger partial charge in [-0.2, -0.15) is 0 Å². The normalized spacial score (nSPS) is 11.2. The van der Waals surface area contributed by atoms with Gasteiger partial charge in [0, 0.05) is 31.9 Å². The molecule has 72 heavy (non-hydrogen) atoms. The molecule has 12 aromatic rings. The van der Waals surface area contributed by atoms with Crippen LogP contribution >= 0.6 is 0 Å².